The third-order valence-corrected chi connectivity index (χ3v) is 4.40. The fraction of sp³-hybridized carbons (Fsp3) is 0.579. The van der Waals surface area contributed by atoms with Crippen molar-refractivity contribution in [3.8, 4) is 0 Å². The zero-order valence-corrected chi connectivity index (χ0v) is 18.7. The number of nitrogens with one attached hydrogen (secondary N) is 1. The highest BCUT2D eigenvalue weighted by Crippen LogP contribution is 2.17. The highest BCUT2D eigenvalue weighted by Gasteiger charge is 2.20. The zero-order valence-electron chi connectivity index (χ0n) is 16.4. The highest BCUT2D eigenvalue weighted by molar-refractivity contribution is 14.0. The molecule has 158 valence electrons. The zero-order chi connectivity index (χ0) is 19.5. The SMILES string of the molecule is CCOCCCN=C(N)NCCC(=O)N1CCN(c2ccc(F)cc2)CC1.I. The van der Waals surface area contributed by atoms with Crippen molar-refractivity contribution in [2.24, 2.45) is 10.7 Å². The van der Waals surface area contributed by atoms with Gasteiger partial charge in [-0.15, -0.1) is 24.0 Å². The van der Waals surface area contributed by atoms with Gasteiger partial charge in [0.15, 0.2) is 5.96 Å². The van der Waals surface area contributed by atoms with Gasteiger partial charge in [-0.05, 0) is 37.6 Å². The summed E-state index contributed by atoms with van der Waals surface area (Å²) in [6, 6.07) is 6.46. The first-order valence-corrected chi connectivity index (χ1v) is 9.50. The second kappa shape index (κ2) is 13.5. The van der Waals surface area contributed by atoms with Crippen LogP contribution in [0.5, 0.6) is 0 Å². The van der Waals surface area contributed by atoms with E-state index in [1.54, 1.807) is 12.1 Å². The smallest absolute Gasteiger partial charge is 0.224 e. The van der Waals surface area contributed by atoms with Crippen LogP contribution in [0.2, 0.25) is 0 Å². The lowest BCUT2D eigenvalue weighted by Gasteiger charge is -2.36. The molecule has 2 rings (SSSR count). The molecule has 9 heteroatoms. The maximum atomic E-state index is 13.0. The number of amides is 1. The van der Waals surface area contributed by atoms with Crippen LogP contribution in [0.3, 0.4) is 0 Å². The van der Waals surface area contributed by atoms with Crippen molar-refractivity contribution < 1.29 is 13.9 Å². The van der Waals surface area contributed by atoms with Crippen LogP contribution in [-0.2, 0) is 9.53 Å². The van der Waals surface area contributed by atoms with E-state index in [4.69, 9.17) is 10.5 Å². The van der Waals surface area contributed by atoms with Gasteiger partial charge in [-0.2, -0.15) is 0 Å². The Hall–Kier alpha value is -1.62. The summed E-state index contributed by atoms with van der Waals surface area (Å²) in [4.78, 5) is 20.5. The number of carbonyl (C=O) groups excluding carboxylic acids is 1. The van der Waals surface area contributed by atoms with Gasteiger partial charge in [0.05, 0.1) is 0 Å². The summed E-state index contributed by atoms with van der Waals surface area (Å²) in [7, 11) is 0. The molecule has 0 unspecified atom stereocenters. The molecule has 7 nitrogen and oxygen atoms in total. The second-order valence-corrected chi connectivity index (χ2v) is 6.34. The van der Waals surface area contributed by atoms with Gasteiger partial charge in [-0.25, -0.2) is 4.39 Å². The summed E-state index contributed by atoms with van der Waals surface area (Å²) >= 11 is 0. The maximum absolute atomic E-state index is 13.0. The minimum atomic E-state index is -0.239. The van der Waals surface area contributed by atoms with Gasteiger partial charge in [0, 0.05) is 64.6 Å². The second-order valence-electron chi connectivity index (χ2n) is 6.34. The number of rotatable bonds is 9. The maximum Gasteiger partial charge on any atom is 0.224 e. The molecule has 1 fully saturated rings. The Balaban J connectivity index is 0.00000392. The quantitative estimate of drug-likeness (QED) is 0.231. The van der Waals surface area contributed by atoms with Gasteiger partial charge in [-0.3, -0.25) is 9.79 Å². The van der Waals surface area contributed by atoms with E-state index in [9.17, 15) is 9.18 Å². The van der Waals surface area contributed by atoms with E-state index in [0.717, 1.165) is 25.2 Å². The monoisotopic (exact) mass is 507 g/mol. The first kappa shape index (κ1) is 24.4. The molecule has 1 amide bonds. The standard InChI is InChI=1S/C19H30FN5O2.HI/c1-2-27-15-3-9-22-19(21)23-10-8-18(26)25-13-11-24(12-14-25)17-6-4-16(20)5-7-17;/h4-7H,2-3,8-15H2,1H3,(H3,21,22,23);1H. The molecule has 0 saturated carbocycles. The van der Waals surface area contributed by atoms with Crippen molar-refractivity contribution in [2.45, 2.75) is 19.8 Å². The molecule has 1 saturated heterocycles. The van der Waals surface area contributed by atoms with Crippen LogP contribution in [0.4, 0.5) is 10.1 Å². The van der Waals surface area contributed by atoms with Gasteiger partial charge in [-0.1, -0.05) is 0 Å². The molecule has 1 aromatic rings. The third kappa shape index (κ3) is 8.59. The molecular formula is C19H31FIN5O2. The summed E-state index contributed by atoms with van der Waals surface area (Å²) in [6.07, 6.45) is 1.21. The van der Waals surface area contributed by atoms with Crippen molar-refractivity contribution in [3.05, 3.63) is 30.1 Å². The van der Waals surface area contributed by atoms with E-state index in [2.05, 4.69) is 15.2 Å². The molecular weight excluding hydrogens is 476 g/mol. The molecule has 0 radical (unpaired) electrons. The number of nitrogens with zero attached hydrogens (tertiary/aromatic N) is 3. The van der Waals surface area contributed by atoms with Gasteiger partial charge in [0.25, 0.3) is 0 Å². The Labute approximate surface area is 183 Å². The summed E-state index contributed by atoms with van der Waals surface area (Å²) in [6.45, 7) is 7.24. The average molecular weight is 507 g/mol. The van der Waals surface area contributed by atoms with E-state index >= 15 is 0 Å². The van der Waals surface area contributed by atoms with Crippen LogP contribution in [-0.4, -0.2) is 69.2 Å². The summed E-state index contributed by atoms with van der Waals surface area (Å²) in [5.74, 6) is 0.225. The number of nitrogens with two attached hydrogens (primary N) is 1. The van der Waals surface area contributed by atoms with Crippen LogP contribution in [0.25, 0.3) is 0 Å². The van der Waals surface area contributed by atoms with Crippen molar-refractivity contribution in [1.82, 2.24) is 10.2 Å². The van der Waals surface area contributed by atoms with E-state index in [1.807, 2.05) is 11.8 Å². The fourth-order valence-corrected chi connectivity index (χ4v) is 2.89. The Morgan fingerprint density at radius 1 is 1.25 bits per heavy atom. The van der Waals surface area contributed by atoms with Gasteiger partial charge >= 0.3 is 0 Å². The first-order chi connectivity index (χ1) is 13.1. The van der Waals surface area contributed by atoms with Crippen LogP contribution in [0.1, 0.15) is 19.8 Å². The predicted molar refractivity (Wildman–Crippen MR) is 121 cm³/mol. The number of guanidine groups is 1. The van der Waals surface area contributed by atoms with Crippen LogP contribution < -0.4 is 16.0 Å². The molecule has 1 aromatic carbocycles. The number of aliphatic imine (C=N–C) groups is 1. The highest BCUT2D eigenvalue weighted by atomic mass is 127. The normalized spacial score (nSPS) is 14.6. The summed E-state index contributed by atoms with van der Waals surface area (Å²) in [5, 5.41) is 2.98. The van der Waals surface area contributed by atoms with E-state index in [-0.39, 0.29) is 35.7 Å². The van der Waals surface area contributed by atoms with Crippen LogP contribution in [0.15, 0.2) is 29.3 Å². The topological polar surface area (TPSA) is 83.2 Å². The average Bonchev–Trinajstić information content (AvgIpc) is 2.68. The third-order valence-electron chi connectivity index (χ3n) is 4.40. The lowest BCUT2D eigenvalue weighted by atomic mass is 10.2. The van der Waals surface area contributed by atoms with Gasteiger partial charge in [0.2, 0.25) is 5.91 Å². The molecule has 0 bridgehead atoms. The summed E-state index contributed by atoms with van der Waals surface area (Å²) in [5.41, 5.74) is 6.77. The molecule has 3 N–H and O–H groups in total. The Bertz CT molecular complexity index is 607. The Morgan fingerprint density at radius 3 is 2.57 bits per heavy atom. The molecule has 0 aromatic heterocycles. The largest absolute Gasteiger partial charge is 0.382 e. The fourth-order valence-electron chi connectivity index (χ4n) is 2.89. The van der Waals surface area contributed by atoms with Crippen molar-refractivity contribution in [2.75, 3.05) is 57.4 Å². The van der Waals surface area contributed by atoms with Crippen molar-refractivity contribution >= 4 is 41.5 Å². The van der Waals surface area contributed by atoms with E-state index in [0.29, 0.717) is 51.8 Å². The lowest BCUT2D eigenvalue weighted by molar-refractivity contribution is -0.131. The first-order valence-electron chi connectivity index (χ1n) is 9.50. The molecule has 0 atom stereocenters. The van der Waals surface area contributed by atoms with Crippen LogP contribution in [0, 0.1) is 5.82 Å². The molecule has 1 aliphatic heterocycles. The number of halogens is 2. The number of carbonyl (C=O) groups is 1. The minimum Gasteiger partial charge on any atom is -0.382 e. The number of anilines is 1. The van der Waals surface area contributed by atoms with E-state index in [1.165, 1.54) is 12.1 Å². The number of benzene rings is 1. The number of piperazine rings is 1. The summed E-state index contributed by atoms with van der Waals surface area (Å²) < 4.78 is 18.3. The predicted octanol–water partition coefficient (Wildman–Crippen LogP) is 1.81. The molecule has 28 heavy (non-hydrogen) atoms. The minimum absolute atomic E-state index is 0. The Morgan fingerprint density at radius 2 is 1.93 bits per heavy atom. The number of hydrogen-bond acceptors (Lipinski definition) is 4. The number of hydrogen-bond donors (Lipinski definition) is 2. The molecule has 0 aliphatic carbocycles. The van der Waals surface area contributed by atoms with Gasteiger partial charge < -0.3 is 25.6 Å². The molecule has 1 aliphatic rings. The lowest BCUT2D eigenvalue weighted by Crippen LogP contribution is -2.49. The van der Waals surface area contributed by atoms with Crippen LogP contribution >= 0.6 is 24.0 Å². The van der Waals surface area contributed by atoms with Crippen molar-refractivity contribution in [3.63, 3.8) is 0 Å². The number of ether oxygens (including phenoxy) is 1. The molecule has 0 spiro atoms. The Kier molecular flexibility index (Phi) is 11.8. The molecule has 1 heterocycles. The van der Waals surface area contributed by atoms with Crippen molar-refractivity contribution in [1.29, 1.82) is 0 Å². The van der Waals surface area contributed by atoms with Gasteiger partial charge in [0.1, 0.15) is 5.82 Å². The van der Waals surface area contributed by atoms with E-state index < -0.39 is 0 Å².